The molecule has 134 valence electrons. The first-order chi connectivity index (χ1) is 12.7. The molecule has 0 spiro atoms. The number of hydrogen-bond donors (Lipinski definition) is 1. The van der Waals surface area contributed by atoms with Crippen molar-refractivity contribution in [2.45, 2.75) is 19.1 Å². The van der Waals surface area contributed by atoms with Crippen LogP contribution in [-0.2, 0) is 13.0 Å². The van der Waals surface area contributed by atoms with Crippen LogP contribution in [0.2, 0.25) is 0 Å². The molecule has 1 aromatic carbocycles. The number of nitrogens with zero attached hydrogens (tertiary/aromatic N) is 4. The minimum Gasteiger partial charge on any atom is -0.467 e. The number of para-hydroxylation sites is 1. The van der Waals surface area contributed by atoms with E-state index in [4.69, 9.17) is 4.74 Å². The van der Waals surface area contributed by atoms with Crippen LogP contribution in [0.1, 0.15) is 11.1 Å². The second-order valence-electron chi connectivity index (χ2n) is 6.79. The molecule has 0 unspecified atom stereocenters. The Morgan fingerprint density at radius 3 is 2.73 bits per heavy atom. The molecule has 0 aliphatic carbocycles. The van der Waals surface area contributed by atoms with Gasteiger partial charge in [0.1, 0.15) is 0 Å². The number of pyridine rings is 1. The van der Waals surface area contributed by atoms with Gasteiger partial charge in [-0.05, 0) is 24.1 Å². The lowest BCUT2D eigenvalue weighted by atomic mass is 9.94. The van der Waals surface area contributed by atoms with Crippen molar-refractivity contribution in [1.82, 2.24) is 19.9 Å². The molecule has 1 aliphatic rings. The largest absolute Gasteiger partial charge is 0.467 e. The van der Waals surface area contributed by atoms with E-state index in [2.05, 4.69) is 32.0 Å². The number of ether oxygens (including phenoxy) is 1. The third kappa shape index (κ3) is 3.52. The van der Waals surface area contributed by atoms with Crippen molar-refractivity contribution >= 4 is 10.9 Å². The zero-order valence-corrected chi connectivity index (χ0v) is 14.7. The molecule has 6 heteroatoms. The van der Waals surface area contributed by atoms with Gasteiger partial charge in [-0.1, -0.05) is 18.2 Å². The molecule has 3 aromatic rings. The summed E-state index contributed by atoms with van der Waals surface area (Å²) in [6, 6.07) is 10.6. The fraction of sp³-hybridized carbons (Fsp3) is 0.350. The number of methoxy groups -OCH3 is 1. The van der Waals surface area contributed by atoms with Gasteiger partial charge in [0.25, 0.3) is 0 Å². The highest BCUT2D eigenvalue weighted by Gasteiger charge is 2.31. The van der Waals surface area contributed by atoms with Crippen LogP contribution < -0.4 is 4.74 Å². The minimum atomic E-state index is -0.332. The van der Waals surface area contributed by atoms with E-state index in [0.29, 0.717) is 12.6 Å². The summed E-state index contributed by atoms with van der Waals surface area (Å²) in [4.78, 5) is 15.0. The predicted octanol–water partition coefficient (Wildman–Crippen LogP) is 2.07. The summed E-state index contributed by atoms with van der Waals surface area (Å²) in [7, 11) is 1.55. The van der Waals surface area contributed by atoms with Crippen LogP contribution in [-0.4, -0.2) is 51.3 Å². The fourth-order valence-corrected chi connectivity index (χ4v) is 3.67. The van der Waals surface area contributed by atoms with E-state index >= 15 is 0 Å². The SMILES string of the molecule is COc1ncc(CN2C[C@@H](Cc3ccnc4ccccc34)[C@@H](O)C2)cn1. The van der Waals surface area contributed by atoms with E-state index in [0.717, 1.165) is 30.6 Å². The van der Waals surface area contributed by atoms with Crippen molar-refractivity contribution in [2.75, 3.05) is 20.2 Å². The second-order valence-corrected chi connectivity index (χ2v) is 6.79. The van der Waals surface area contributed by atoms with Gasteiger partial charge in [0, 0.05) is 55.1 Å². The topological polar surface area (TPSA) is 71.4 Å². The molecule has 4 rings (SSSR count). The van der Waals surface area contributed by atoms with E-state index in [1.165, 1.54) is 10.9 Å². The molecule has 1 saturated heterocycles. The smallest absolute Gasteiger partial charge is 0.316 e. The molecule has 3 heterocycles. The first kappa shape index (κ1) is 16.9. The average Bonchev–Trinajstić information content (AvgIpc) is 3.01. The third-order valence-electron chi connectivity index (χ3n) is 4.97. The molecule has 0 amide bonds. The first-order valence-corrected chi connectivity index (χ1v) is 8.81. The molecule has 0 bridgehead atoms. The van der Waals surface area contributed by atoms with Crippen molar-refractivity contribution in [3.05, 3.63) is 60.0 Å². The molecule has 0 radical (unpaired) electrons. The Morgan fingerprint density at radius 2 is 1.92 bits per heavy atom. The van der Waals surface area contributed by atoms with Crippen LogP contribution in [0.3, 0.4) is 0 Å². The number of likely N-dealkylation sites (tertiary alicyclic amines) is 1. The molecule has 2 aromatic heterocycles. The van der Waals surface area contributed by atoms with Crippen LogP contribution in [0.15, 0.2) is 48.9 Å². The molecule has 1 fully saturated rings. The highest BCUT2D eigenvalue weighted by molar-refractivity contribution is 5.81. The van der Waals surface area contributed by atoms with Crippen LogP contribution in [0.4, 0.5) is 0 Å². The van der Waals surface area contributed by atoms with Crippen molar-refractivity contribution in [2.24, 2.45) is 5.92 Å². The molecule has 1 N–H and O–H groups in total. The van der Waals surface area contributed by atoms with Gasteiger partial charge >= 0.3 is 6.01 Å². The lowest BCUT2D eigenvalue weighted by molar-refractivity contribution is 0.141. The molecular formula is C20H22N4O2. The summed E-state index contributed by atoms with van der Waals surface area (Å²) >= 11 is 0. The van der Waals surface area contributed by atoms with Crippen molar-refractivity contribution in [3.63, 3.8) is 0 Å². The van der Waals surface area contributed by atoms with Crippen LogP contribution in [0, 0.1) is 5.92 Å². The fourth-order valence-electron chi connectivity index (χ4n) is 3.67. The number of fused-ring (bicyclic) bond motifs is 1. The van der Waals surface area contributed by atoms with Gasteiger partial charge in [-0.25, -0.2) is 9.97 Å². The maximum Gasteiger partial charge on any atom is 0.316 e. The Bertz CT molecular complexity index is 879. The second kappa shape index (κ2) is 7.35. The maximum absolute atomic E-state index is 10.5. The number of benzene rings is 1. The highest BCUT2D eigenvalue weighted by atomic mass is 16.5. The minimum absolute atomic E-state index is 0.208. The Balaban J connectivity index is 1.45. The molecule has 0 saturated carbocycles. The van der Waals surface area contributed by atoms with Gasteiger partial charge in [-0.2, -0.15) is 0 Å². The van der Waals surface area contributed by atoms with E-state index in [1.54, 1.807) is 19.5 Å². The number of aliphatic hydroxyl groups is 1. The maximum atomic E-state index is 10.5. The van der Waals surface area contributed by atoms with Crippen molar-refractivity contribution in [1.29, 1.82) is 0 Å². The van der Waals surface area contributed by atoms with E-state index in [9.17, 15) is 5.11 Å². The zero-order chi connectivity index (χ0) is 17.9. The van der Waals surface area contributed by atoms with Gasteiger partial charge < -0.3 is 9.84 Å². The monoisotopic (exact) mass is 350 g/mol. The number of aliphatic hydroxyl groups excluding tert-OH is 1. The van der Waals surface area contributed by atoms with Gasteiger partial charge in [0.15, 0.2) is 0 Å². The molecule has 26 heavy (non-hydrogen) atoms. The van der Waals surface area contributed by atoms with Gasteiger partial charge in [-0.3, -0.25) is 9.88 Å². The summed E-state index contributed by atoms with van der Waals surface area (Å²) in [5, 5.41) is 11.7. The molecule has 2 atom stereocenters. The summed E-state index contributed by atoms with van der Waals surface area (Å²) in [6.45, 7) is 2.25. The first-order valence-electron chi connectivity index (χ1n) is 8.81. The average molecular weight is 350 g/mol. The molecule has 1 aliphatic heterocycles. The normalized spacial score (nSPS) is 20.5. The molecular weight excluding hydrogens is 328 g/mol. The number of hydrogen-bond acceptors (Lipinski definition) is 6. The van der Waals surface area contributed by atoms with Crippen LogP contribution in [0.25, 0.3) is 10.9 Å². The summed E-state index contributed by atoms with van der Waals surface area (Å²) in [6.07, 6.45) is 5.93. The van der Waals surface area contributed by atoms with E-state index < -0.39 is 0 Å². The highest BCUT2D eigenvalue weighted by Crippen LogP contribution is 2.26. The Kier molecular flexibility index (Phi) is 4.77. The number of rotatable bonds is 5. The lowest BCUT2D eigenvalue weighted by Gasteiger charge is -2.16. The van der Waals surface area contributed by atoms with E-state index in [1.807, 2.05) is 24.4 Å². The zero-order valence-electron chi connectivity index (χ0n) is 14.7. The number of β-amino-alcohol motifs (C(OH)–C–C–N with tert-alkyl or cyclic N) is 1. The summed E-state index contributed by atoms with van der Waals surface area (Å²) < 4.78 is 4.99. The van der Waals surface area contributed by atoms with Crippen LogP contribution >= 0.6 is 0 Å². The Hall–Kier alpha value is -2.57. The number of aromatic nitrogens is 3. The standard InChI is InChI=1S/C20H22N4O2/c1-26-20-22-9-14(10-23-20)11-24-12-16(19(25)13-24)8-15-6-7-21-18-5-3-2-4-17(15)18/h2-7,9-10,16,19,25H,8,11-13H2,1H3/t16-,19+/m1/s1. The quantitative estimate of drug-likeness (QED) is 0.760. The third-order valence-corrected chi connectivity index (χ3v) is 4.97. The van der Waals surface area contributed by atoms with Crippen LogP contribution in [0.5, 0.6) is 6.01 Å². The molecule has 6 nitrogen and oxygen atoms in total. The Morgan fingerprint density at radius 1 is 1.12 bits per heavy atom. The summed E-state index contributed by atoms with van der Waals surface area (Å²) in [5.74, 6) is 0.208. The summed E-state index contributed by atoms with van der Waals surface area (Å²) in [5.41, 5.74) is 3.27. The van der Waals surface area contributed by atoms with Crippen molar-refractivity contribution < 1.29 is 9.84 Å². The predicted molar refractivity (Wildman–Crippen MR) is 98.8 cm³/mol. The van der Waals surface area contributed by atoms with E-state index in [-0.39, 0.29) is 12.0 Å². The van der Waals surface area contributed by atoms with Crippen molar-refractivity contribution in [3.8, 4) is 6.01 Å². The Labute approximate surface area is 152 Å². The van der Waals surface area contributed by atoms with Gasteiger partial charge in [-0.15, -0.1) is 0 Å². The van der Waals surface area contributed by atoms with Gasteiger partial charge in [0.2, 0.25) is 0 Å². The lowest BCUT2D eigenvalue weighted by Crippen LogP contribution is -2.21. The van der Waals surface area contributed by atoms with Gasteiger partial charge in [0.05, 0.1) is 18.7 Å².